The molecule has 0 aliphatic carbocycles. The quantitative estimate of drug-likeness (QED) is 0.111. The van der Waals surface area contributed by atoms with Crippen molar-refractivity contribution in [1.29, 1.82) is 0 Å². The van der Waals surface area contributed by atoms with E-state index < -0.39 is 0 Å². The van der Waals surface area contributed by atoms with Gasteiger partial charge in [0.15, 0.2) is 0 Å². The average Bonchev–Trinajstić information content (AvgIpc) is 2.69. The summed E-state index contributed by atoms with van der Waals surface area (Å²) in [5.74, 6) is 0.790. The fraction of sp³-hybridized carbons (Fsp3) is 1.00. The predicted molar refractivity (Wildman–Crippen MR) is 132 cm³/mol. The van der Waals surface area contributed by atoms with Crippen LogP contribution in [0.1, 0.15) is 130 Å². The van der Waals surface area contributed by atoms with Crippen LogP contribution in [0.3, 0.4) is 0 Å². The molecule has 0 fully saturated rings. The van der Waals surface area contributed by atoms with Crippen molar-refractivity contribution in [3.05, 3.63) is 0 Å². The van der Waals surface area contributed by atoms with Gasteiger partial charge in [-0.1, -0.05) is 0 Å². The van der Waals surface area contributed by atoms with Gasteiger partial charge in [0.25, 0.3) is 0 Å². The first-order valence-corrected chi connectivity index (χ1v) is 13.7. The number of rotatable bonds is 22. The summed E-state index contributed by atoms with van der Waals surface area (Å²) in [4.78, 5) is 0. The summed E-state index contributed by atoms with van der Waals surface area (Å²) in [6.07, 6.45) is 22.1. The third-order valence-electron chi connectivity index (χ3n) is 5.62. The Bertz CT molecular complexity index is 270. The number of hydrogen-bond acceptors (Lipinski definition) is 2. The Labute approximate surface area is 206 Å². The molecule has 1 unspecified atom stereocenters. The second-order valence-electron chi connectivity index (χ2n) is 8.34. The molecule has 0 heterocycles. The number of halogens is 2. The van der Waals surface area contributed by atoms with Gasteiger partial charge >= 0.3 is 183 Å². The molecule has 0 saturated heterocycles. The summed E-state index contributed by atoms with van der Waals surface area (Å²) >= 11 is -0.369. The van der Waals surface area contributed by atoms with E-state index in [4.69, 9.17) is 3.32 Å². The molecule has 0 aromatic heterocycles. The number of nitrogens with zero attached hydrogens (tertiary/aromatic N) is 1. The monoisotopic (exact) mass is 489 g/mol. The third kappa shape index (κ3) is 25.4. The molecule has 0 bridgehead atoms. The average molecular weight is 490 g/mol. The smallest absolute Gasteiger partial charge is 0.147 e. The van der Waals surface area contributed by atoms with Gasteiger partial charge in [-0.25, -0.2) is 0 Å². The zero-order chi connectivity index (χ0) is 20.0. The molecule has 0 aromatic carbocycles. The molecule has 0 aliphatic rings. The van der Waals surface area contributed by atoms with E-state index in [0.717, 1.165) is 12.5 Å². The first-order chi connectivity index (χ1) is 13.3. The maximum absolute atomic E-state index is 6.29. The van der Waals surface area contributed by atoms with E-state index in [0.29, 0.717) is 0 Å². The maximum Gasteiger partial charge on any atom is -0.147 e. The van der Waals surface area contributed by atoms with Gasteiger partial charge in [0.1, 0.15) is 0 Å². The zero-order valence-corrected chi connectivity index (χ0v) is 23.4. The fourth-order valence-corrected chi connectivity index (χ4v) is 5.06. The van der Waals surface area contributed by atoms with Gasteiger partial charge < -0.3 is 0 Å². The maximum atomic E-state index is 6.29. The van der Waals surface area contributed by atoms with Crippen LogP contribution in [0.25, 0.3) is 0 Å². The van der Waals surface area contributed by atoms with Crippen LogP contribution in [0.15, 0.2) is 0 Å². The number of unbranched alkanes of at least 4 members (excludes halogenated alkanes) is 11. The molecule has 5 heteroatoms. The van der Waals surface area contributed by atoms with Crippen LogP contribution in [0.4, 0.5) is 0 Å². The molecule has 0 N–H and O–H groups in total. The molecule has 0 saturated carbocycles. The largest absolute Gasteiger partial charge is 0.147 e. The van der Waals surface area contributed by atoms with E-state index in [-0.39, 0.29) is 44.6 Å². The van der Waals surface area contributed by atoms with Crippen LogP contribution >= 0.6 is 24.8 Å². The van der Waals surface area contributed by atoms with Gasteiger partial charge in [-0.2, -0.15) is 0 Å². The summed E-state index contributed by atoms with van der Waals surface area (Å²) in [6.45, 7) is 12.8. The van der Waals surface area contributed by atoms with Crippen molar-refractivity contribution in [2.45, 2.75) is 130 Å². The molecule has 0 amide bonds. The summed E-state index contributed by atoms with van der Waals surface area (Å²) in [7, 11) is 0. The van der Waals surface area contributed by atoms with E-state index in [1.165, 1.54) is 116 Å². The molecule has 1 atom stereocenters. The van der Waals surface area contributed by atoms with Crippen LogP contribution in [-0.2, 0) is 23.1 Å². The summed E-state index contributed by atoms with van der Waals surface area (Å²) in [5.41, 5.74) is 0. The molecule has 2 nitrogen and oxygen atoms in total. The van der Waals surface area contributed by atoms with Crippen molar-refractivity contribution >= 4 is 24.8 Å². The Balaban J connectivity index is -0.00000338. The van der Waals surface area contributed by atoms with E-state index in [1.807, 2.05) is 0 Å². The van der Waals surface area contributed by atoms with Crippen LogP contribution < -0.4 is 0 Å². The van der Waals surface area contributed by atoms with Crippen LogP contribution in [-0.4, -0.2) is 23.1 Å². The number of hydrogen-bond donors (Lipinski definition) is 0. The van der Waals surface area contributed by atoms with E-state index in [9.17, 15) is 0 Å². The van der Waals surface area contributed by atoms with Crippen molar-refractivity contribution in [3.8, 4) is 0 Å². The van der Waals surface area contributed by atoms with Crippen molar-refractivity contribution < 1.29 is 23.1 Å². The van der Waals surface area contributed by atoms with Crippen molar-refractivity contribution in [2.24, 2.45) is 5.92 Å². The van der Waals surface area contributed by atoms with Crippen LogP contribution in [0.2, 0.25) is 0 Å². The normalized spacial score (nSPS) is 11.8. The summed E-state index contributed by atoms with van der Waals surface area (Å²) < 4.78 is 9.00. The Morgan fingerprint density at radius 3 is 1.52 bits per heavy atom. The minimum Gasteiger partial charge on any atom is -0.147 e. The van der Waals surface area contributed by atoms with Crippen molar-refractivity contribution in [2.75, 3.05) is 19.7 Å². The molecule has 0 aromatic rings. The molecular weight excluding hydrogens is 437 g/mol. The molecule has 0 aliphatic heterocycles. The second-order valence-corrected chi connectivity index (χ2v) is 10.1. The van der Waals surface area contributed by atoms with E-state index in [1.54, 1.807) is 0 Å². The van der Waals surface area contributed by atoms with Gasteiger partial charge in [0, 0.05) is 0 Å². The Morgan fingerprint density at radius 2 is 1.07 bits per heavy atom. The second kappa shape index (κ2) is 29.2. The van der Waals surface area contributed by atoms with E-state index in [2.05, 4.69) is 31.1 Å². The molecule has 178 valence electrons. The van der Waals surface area contributed by atoms with Crippen molar-refractivity contribution in [3.63, 3.8) is 0 Å². The Kier molecular flexibility index (Phi) is 35.1. The molecule has 0 radical (unpaired) electrons. The van der Waals surface area contributed by atoms with Gasteiger partial charge in [0.2, 0.25) is 0 Å². The van der Waals surface area contributed by atoms with Crippen LogP contribution in [0, 0.1) is 5.92 Å². The SMILES string of the molecule is CCCCCCCC[N](CCCCCCCC)[Ti][O]CC(CC)CCCC.Cl.Cl. The predicted octanol–water partition coefficient (Wildman–Crippen LogP) is 9.00. The summed E-state index contributed by atoms with van der Waals surface area (Å²) in [5, 5.41) is 0. The standard InChI is InChI=1S/C16H34N.C8H17O.2ClH.Ti/c1-3-5-7-9-11-13-15-17-16-14-12-10-8-6-4-2;1-3-5-6-8(4-2)7-9;;;/h3-16H2,1-2H3;8H,3-7H2,1-2H3;2*1H;/q2*-1;;;+2. The molecule has 0 spiro atoms. The molecular formula is C24H53Cl2NOTi. The minimum absolute atomic E-state index is 0. The van der Waals surface area contributed by atoms with Crippen molar-refractivity contribution in [1.82, 2.24) is 3.38 Å². The topological polar surface area (TPSA) is 12.5 Å². The first kappa shape index (κ1) is 34.8. The van der Waals surface area contributed by atoms with Gasteiger partial charge in [-0.15, -0.1) is 24.8 Å². The molecule has 29 heavy (non-hydrogen) atoms. The van der Waals surface area contributed by atoms with Gasteiger partial charge in [-0.05, 0) is 0 Å². The zero-order valence-electron chi connectivity index (χ0n) is 20.2. The minimum atomic E-state index is -0.369. The van der Waals surface area contributed by atoms with Gasteiger partial charge in [-0.3, -0.25) is 0 Å². The summed E-state index contributed by atoms with van der Waals surface area (Å²) in [6, 6.07) is 0. The third-order valence-corrected chi connectivity index (χ3v) is 7.18. The van der Waals surface area contributed by atoms with Crippen LogP contribution in [0.5, 0.6) is 0 Å². The van der Waals surface area contributed by atoms with Gasteiger partial charge in [0.05, 0.1) is 0 Å². The molecule has 0 rings (SSSR count). The fourth-order valence-electron chi connectivity index (χ4n) is 3.51. The Hall–Kier alpha value is 1.21. The Morgan fingerprint density at radius 1 is 0.621 bits per heavy atom. The van der Waals surface area contributed by atoms with E-state index >= 15 is 0 Å². The first-order valence-electron chi connectivity index (χ1n) is 12.4.